The molecule has 1 aliphatic rings. The van der Waals surface area contributed by atoms with Crippen molar-refractivity contribution in [2.45, 2.75) is 32.1 Å². The summed E-state index contributed by atoms with van der Waals surface area (Å²) in [5.74, 6) is 2.07. The predicted octanol–water partition coefficient (Wildman–Crippen LogP) is 0.822. The third-order valence-electron chi connectivity index (χ3n) is 2.93. The molecule has 0 bridgehead atoms. The lowest BCUT2D eigenvalue weighted by atomic mass is 10.3. The van der Waals surface area contributed by atoms with Crippen LogP contribution < -0.4 is 16.2 Å². The van der Waals surface area contributed by atoms with Gasteiger partial charge in [0.25, 0.3) is 5.56 Å². The van der Waals surface area contributed by atoms with Gasteiger partial charge >= 0.3 is 0 Å². The van der Waals surface area contributed by atoms with Crippen molar-refractivity contribution >= 4 is 5.82 Å². The second-order valence-electron chi connectivity index (χ2n) is 4.54. The summed E-state index contributed by atoms with van der Waals surface area (Å²) >= 11 is 0. The number of aromatic amines is 1. The van der Waals surface area contributed by atoms with E-state index in [0.717, 1.165) is 44.0 Å². The van der Waals surface area contributed by atoms with Gasteiger partial charge in [0.05, 0.1) is 0 Å². The zero-order valence-corrected chi connectivity index (χ0v) is 10.3. The number of nitrogens with two attached hydrogens (primary N) is 1. The molecule has 1 fully saturated rings. The molecule has 2 rings (SSSR count). The number of hydrogen-bond donors (Lipinski definition) is 2. The van der Waals surface area contributed by atoms with Crippen LogP contribution in [-0.2, 0) is 0 Å². The van der Waals surface area contributed by atoms with Crippen molar-refractivity contribution in [3.8, 4) is 0 Å². The van der Waals surface area contributed by atoms with Crippen LogP contribution in [-0.4, -0.2) is 29.6 Å². The Labute approximate surface area is 101 Å². The largest absolute Gasteiger partial charge is 0.355 e. The molecule has 5 nitrogen and oxygen atoms in total. The molecule has 0 radical (unpaired) electrons. The molecule has 0 atom stereocenters. The van der Waals surface area contributed by atoms with Crippen LogP contribution in [0.15, 0.2) is 10.9 Å². The van der Waals surface area contributed by atoms with Crippen molar-refractivity contribution in [1.29, 1.82) is 0 Å². The maximum absolute atomic E-state index is 11.6. The maximum Gasteiger partial charge on any atom is 0.252 e. The van der Waals surface area contributed by atoms with Crippen molar-refractivity contribution in [2.24, 2.45) is 5.73 Å². The first-order valence-corrected chi connectivity index (χ1v) is 6.31. The Kier molecular flexibility index (Phi) is 3.78. The fraction of sp³-hybridized carbons (Fsp3) is 0.667. The number of H-pyrrole nitrogens is 1. The minimum absolute atomic E-state index is 0.0602. The quantitative estimate of drug-likeness (QED) is 0.767. The Balaban J connectivity index is 2.24. The van der Waals surface area contributed by atoms with Gasteiger partial charge in [0.15, 0.2) is 0 Å². The van der Waals surface area contributed by atoms with Gasteiger partial charge in [0, 0.05) is 31.6 Å². The summed E-state index contributed by atoms with van der Waals surface area (Å²) in [4.78, 5) is 21.1. The monoisotopic (exact) mass is 236 g/mol. The minimum atomic E-state index is -0.0602. The summed E-state index contributed by atoms with van der Waals surface area (Å²) in [6.07, 6.45) is 3.29. The minimum Gasteiger partial charge on any atom is -0.355 e. The molecule has 0 spiro atoms. The lowest BCUT2D eigenvalue weighted by Gasteiger charge is -2.22. The third-order valence-corrected chi connectivity index (χ3v) is 2.93. The highest BCUT2D eigenvalue weighted by molar-refractivity contribution is 5.38. The molecule has 0 amide bonds. The summed E-state index contributed by atoms with van der Waals surface area (Å²) in [5, 5.41) is 0. The van der Waals surface area contributed by atoms with E-state index in [4.69, 9.17) is 5.73 Å². The van der Waals surface area contributed by atoms with Crippen LogP contribution in [0.5, 0.6) is 0 Å². The van der Waals surface area contributed by atoms with Gasteiger partial charge in [-0.15, -0.1) is 0 Å². The van der Waals surface area contributed by atoms with Crippen molar-refractivity contribution < 1.29 is 0 Å². The number of rotatable bonds is 6. The van der Waals surface area contributed by atoms with Gasteiger partial charge in [-0.1, -0.05) is 6.92 Å². The van der Waals surface area contributed by atoms with Crippen LogP contribution in [0.4, 0.5) is 5.82 Å². The molecule has 17 heavy (non-hydrogen) atoms. The van der Waals surface area contributed by atoms with Crippen molar-refractivity contribution in [1.82, 2.24) is 9.97 Å². The number of hydrogen-bond acceptors (Lipinski definition) is 4. The van der Waals surface area contributed by atoms with Crippen LogP contribution in [0.2, 0.25) is 0 Å². The molecule has 1 aromatic rings. The van der Waals surface area contributed by atoms with Gasteiger partial charge in [0.2, 0.25) is 0 Å². The number of nitrogens with one attached hydrogen (secondary N) is 1. The van der Waals surface area contributed by atoms with Crippen LogP contribution >= 0.6 is 0 Å². The van der Waals surface area contributed by atoms with Gasteiger partial charge in [-0.05, 0) is 19.3 Å². The zero-order chi connectivity index (χ0) is 12.3. The standard InChI is InChI=1S/C12H20N4O/c1-2-6-16(7-5-13)10-8-11(17)15-12(14-10)9-3-4-9/h8-9H,2-7,13H2,1H3,(H,14,15,17). The van der Waals surface area contributed by atoms with E-state index in [1.54, 1.807) is 6.07 Å². The highest BCUT2D eigenvalue weighted by Gasteiger charge is 2.26. The molecule has 1 saturated carbocycles. The highest BCUT2D eigenvalue weighted by atomic mass is 16.1. The molecule has 0 unspecified atom stereocenters. The van der Waals surface area contributed by atoms with E-state index in [9.17, 15) is 4.79 Å². The number of aromatic nitrogens is 2. The van der Waals surface area contributed by atoms with Crippen LogP contribution in [0.3, 0.4) is 0 Å². The molecule has 0 aromatic carbocycles. The summed E-state index contributed by atoms with van der Waals surface area (Å²) < 4.78 is 0. The molecular formula is C12H20N4O. The van der Waals surface area contributed by atoms with E-state index in [1.165, 1.54) is 0 Å². The van der Waals surface area contributed by atoms with Crippen molar-refractivity contribution in [2.75, 3.05) is 24.5 Å². The molecular weight excluding hydrogens is 216 g/mol. The predicted molar refractivity (Wildman–Crippen MR) is 68.4 cm³/mol. The average Bonchev–Trinajstić information content (AvgIpc) is 3.12. The molecule has 1 heterocycles. The SMILES string of the molecule is CCCN(CCN)c1cc(=O)[nH]c(C2CC2)n1. The zero-order valence-electron chi connectivity index (χ0n) is 10.3. The molecule has 5 heteroatoms. The van der Waals surface area contributed by atoms with Crippen LogP contribution in [0, 0.1) is 0 Å². The lowest BCUT2D eigenvalue weighted by molar-refractivity contribution is 0.740. The summed E-state index contributed by atoms with van der Waals surface area (Å²) in [6, 6.07) is 1.57. The highest BCUT2D eigenvalue weighted by Crippen LogP contribution is 2.37. The normalized spacial score (nSPS) is 14.9. The second kappa shape index (κ2) is 5.31. The first-order chi connectivity index (χ1) is 8.24. The molecule has 0 saturated heterocycles. The topological polar surface area (TPSA) is 75.0 Å². The Bertz CT molecular complexity index is 419. The third kappa shape index (κ3) is 3.06. The summed E-state index contributed by atoms with van der Waals surface area (Å²) in [5.41, 5.74) is 5.53. The van der Waals surface area contributed by atoms with E-state index < -0.39 is 0 Å². The Hall–Kier alpha value is -1.36. The maximum atomic E-state index is 11.6. The van der Waals surface area contributed by atoms with E-state index in [-0.39, 0.29) is 5.56 Å². The lowest BCUT2D eigenvalue weighted by Crippen LogP contribution is -2.32. The van der Waals surface area contributed by atoms with E-state index in [1.807, 2.05) is 0 Å². The number of nitrogens with zero attached hydrogens (tertiary/aromatic N) is 2. The van der Waals surface area contributed by atoms with Gasteiger partial charge in [0.1, 0.15) is 11.6 Å². The van der Waals surface area contributed by atoms with E-state index >= 15 is 0 Å². The molecule has 1 aliphatic carbocycles. The molecule has 94 valence electrons. The van der Waals surface area contributed by atoms with Crippen LogP contribution in [0.1, 0.15) is 37.9 Å². The Morgan fingerprint density at radius 2 is 2.29 bits per heavy atom. The summed E-state index contributed by atoms with van der Waals surface area (Å²) in [6.45, 7) is 4.32. The van der Waals surface area contributed by atoms with Gasteiger partial charge in [-0.3, -0.25) is 4.79 Å². The smallest absolute Gasteiger partial charge is 0.252 e. The van der Waals surface area contributed by atoms with Crippen molar-refractivity contribution in [3.05, 3.63) is 22.2 Å². The Morgan fingerprint density at radius 3 is 2.88 bits per heavy atom. The van der Waals surface area contributed by atoms with Gasteiger partial charge < -0.3 is 15.6 Å². The molecule has 3 N–H and O–H groups in total. The summed E-state index contributed by atoms with van der Waals surface area (Å²) in [7, 11) is 0. The molecule has 0 aliphatic heterocycles. The average molecular weight is 236 g/mol. The van der Waals surface area contributed by atoms with Crippen molar-refractivity contribution in [3.63, 3.8) is 0 Å². The first kappa shape index (κ1) is 12.1. The fourth-order valence-electron chi connectivity index (χ4n) is 1.94. The van der Waals surface area contributed by atoms with Gasteiger partial charge in [-0.2, -0.15) is 0 Å². The number of anilines is 1. The van der Waals surface area contributed by atoms with Gasteiger partial charge in [-0.25, -0.2) is 4.98 Å². The second-order valence-corrected chi connectivity index (χ2v) is 4.54. The fourth-order valence-corrected chi connectivity index (χ4v) is 1.94. The first-order valence-electron chi connectivity index (χ1n) is 6.31. The molecule has 1 aromatic heterocycles. The van der Waals surface area contributed by atoms with Crippen LogP contribution in [0.25, 0.3) is 0 Å². The van der Waals surface area contributed by atoms with E-state index in [0.29, 0.717) is 12.5 Å². The van der Waals surface area contributed by atoms with E-state index in [2.05, 4.69) is 21.8 Å². The Morgan fingerprint density at radius 1 is 1.53 bits per heavy atom.